The maximum absolute atomic E-state index is 10.8. The number of rotatable bonds is 8. The van der Waals surface area contributed by atoms with E-state index in [1.807, 2.05) is 0 Å². The van der Waals surface area contributed by atoms with Crippen molar-refractivity contribution in [2.45, 2.75) is 46.7 Å². The van der Waals surface area contributed by atoms with Crippen molar-refractivity contribution >= 4 is 19.2 Å². The molecule has 0 aromatic carbocycles. The van der Waals surface area contributed by atoms with Gasteiger partial charge in [0.15, 0.2) is 0 Å². The molecule has 1 atom stereocenters. The van der Waals surface area contributed by atoms with E-state index in [9.17, 15) is 8.42 Å². The second-order valence-electron chi connectivity index (χ2n) is 5.95. The highest BCUT2D eigenvalue weighted by Crippen LogP contribution is 2.30. The van der Waals surface area contributed by atoms with Crippen LogP contribution in [0, 0.1) is 11.3 Å². The first-order valence-electron chi connectivity index (χ1n) is 6.29. The van der Waals surface area contributed by atoms with Gasteiger partial charge in [0, 0.05) is 6.61 Å². The van der Waals surface area contributed by atoms with Gasteiger partial charge in [0.1, 0.15) is 0 Å². The molecule has 0 aliphatic heterocycles. The monoisotopic (exact) mass is 295 g/mol. The smallest absolute Gasteiger partial charge is 0.264 e. The zero-order valence-corrected chi connectivity index (χ0v) is 14.3. The molecule has 0 N–H and O–H groups in total. The molecule has 109 valence electrons. The van der Waals surface area contributed by atoms with E-state index in [2.05, 4.69) is 33.9 Å². The molecule has 0 aliphatic carbocycles. The lowest BCUT2D eigenvalue weighted by Crippen LogP contribution is -2.28. The summed E-state index contributed by atoms with van der Waals surface area (Å²) in [6, 6.07) is 0. The largest absolute Gasteiger partial charge is 0.417 e. The lowest BCUT2D eigenvalue weighted by Gasteiger charge is -2.31. The Morgan fingerprint density at radius 1 is 1.22 bits per heavy atom. The molecule has 0 aliphatic rings. The van der Waals surface area contributed by atoms with E-state index in [1.54, 1.807) is 0 Å². The minimum absolute atomic E-state index is 0.169. The third kappa shape index (κ3) is 10.1. The van der Waals surface area contributed by atoms with Crippen LogP contribution in [0.1, 0.15) is 33.6 Å². The van der Waals surface area contributed by atoms with Crippen LogP contribution in [0.5, 0.6) is 0 Å². The van der Waals surface area contributed by atoms with Gasteiger partial charge in [-0.25, -0.2) is 0 Å². The van der Waals surface area contributed by atoms with Crippen molar-refractivity contribution in [2.24, 2.45) is 11.3 Å². The first-order valence-corrected chi connectivity index (χ1v) is 10.5. The molecule has 1 radical (unpaired) electrons. The van der Waals surface area contributed by atoms with Crippen LogP contribution in [-0.4, -0.2) is 36.9 Å². The molecule has 0 saturated heterocycles. The zero-order valence-electron chi connectivity index (χ0n) is 12.4. The SMILES string of the molecule is C[Si](C)OC[C@H](CCCOS(C)(=O)=O)C(C)(C)C. The maximum Gasteiger partial charge on any atom is 0.264 e. The second kappa shape index (κ2) is 7.62. The molecule has 0 saturated carbocycles. The first-order chi connectivity index (χ1) is 8.02. The topological polar surface area (TPSA) is 52.6 Å². The summed E-state index contributed by atoms with van der Waals surface area (Å²) in [5, 5.41) is 0. The lowest BCUT2D eigenvalue weighted by atomic mass is 9.79. The molecule has 0 fully saturated rings. The van der Waals surface area contributed by atoms with Crippen LogP contribution in [0.4, 0.5) is 0 Å². The summed E-state index contributed by atoms with van der Waals surface area (Å²) in [4.78, 5) is 0. The Kier molecular flexibility index (Phi) is 7.66. The van der Waals surface area contributed by atoms with Crippen LogP contribution in [0.25, 0.3) is 0 Å². The van der Waals surface area contributed by atoms with Crippen LogP contribution in [0.2, 0.25) is 13.1 Å². The predicted molar refractivity (Wildman–Crippen MR) is 76.4 cm³/mol. The van der Waals surface area contributed by atoms with Crippen molar-refractivity contribution in [3.05, 3.63) is 0 Å². The second-order valence-corrected chi connectivity index (χ2v) is 9.70. The quantitative estimate of drug-likeness (QED) is 0.392. The van der Waals surface area contributed by atoms with Gasteiger partial charge in [0.05, 0.1) is 12.9 Å². The summed E-state index contributed by atoms with van der Waals surface area (Å²) < 4.78 is 32.2. The van der Waals surface area contributed by atoms with Gasteiger partial charge in [0.25, 0.3) is 10.1 Å². The van der Waals surface area contributed by atoms with E-state index in [0.29, 0.717) is 5.92 Å². The van der Waals surface area contributed by atoms with Gasteiger partial charge >= 0.3 is 0 Å². The van der Waals surface area contributed by atoms with E-state index in [4.69, 9.17) is 8.61 Å². The van der Waals surface area contributed by atoms with Crippen molar-refractivity contribution in [3.63, 3.8) is 0 Å². The minimum atomic E-state index is -3.31. The van der Waals surface area contributed by atoms with E-state index >= 15 is 0 Å². The summed E-state index contributed by atoms with van der Waals surface area (Å²) in [5.41, 5.74) is 0.169. The highest BCUT2D eigenvalue weighted by atomic mass is 32.2. The number of hydrogen-bond acceptors (Lipinski definition) is 4. The Bertz CT molecular complexity index is 319. The molecule has 18 heavy (non-hydrogen) atoms. The lowest BCUT2D eigenvalue weighted by molar-refractivity contribution is 0.130. The van der Waals surface area contributed by atoms with Crippen LogP contribution in [-0.2, 0) is 18.7 Å². The van der Waals surface area contributed by atoms with Gasteiger partial charge in [-0.1, -0.05) is 20.8 Å². The molecule has 0 spiro atoms. The third-order valence-electron chi connectivity index (χ3n) is 2.79. The van der Waals surface area contributed by atoms with E-state index in [0.717, 1.165) is 25.7 Å². The van der Waals surface area contributed by atoms with Crippen molar-refractivity contribution < 1.29 is 17.0 Å². The average Bonchev–Trinajstić information content (AvgIpc) is 2.12. The Hall–Kier alpha value is 0.0869. The van der Waals surface area contributed by atoms with Gasteiger partial charge < -0.3 is 4.43 Å². The molecule has 0 aromatic rings. The molecular weight excluding hydrogens is 268 g/mol. The minimum Gasteiger partial charge on any atom is -0.417 e. The molecule has 0 unspecified atom stereocenters. The fraction of sp³-hybridized carbons (Fsp3) is 1.00. The Morgan fingerprint density at radius 3 is 2.17 bits per heavy atom. The predicted octanol–water partition coefficient (Wildman–Crippen LogP) is 2.67. The summed E-state index contributed by atoms with van der Waals surface area (Å²) in [6.45, 7) is 11.8. The van der Waals surface area contributed by atoms with Crippen molar-refractivity contribution in [1.29, 1.82) is 0 Å². The fourth-order valence-electron chi connectivity index (χ4n) is 1.57. The molecule has 0 rings (SSSR count). The van der Waals surface area contributed by atoms with Crippen LogP contribution >= 0.6 is 0 Å². The zero-order chi connectivity index (χ0) is 14.4. The molecule has 0 bridgehead atoms. The molecule has 4 nitrogen and oxygen atoms in total. The van der Waals surface area contributed by atoms with Crippen molar-refractivity contribution in [1.82, 2.24) is 0 Å². The van der Waals surface area contributed by atoms with Gasteiger partial charge in [-0.15, -0.1) is 0 Å². The number of hydrogen-bond donors (Lipinski definition) is 0. The highest BCUT2D eigenvalue weighted by molar-refractivity contribution is 7.85. The summed E-state index contributed by atoms with van der Waals surface area (Å²) in [7, 11) is -3.98. The summed E-state index contributed by atoms with van der Waals surface area (Å²) >= 11 is 0. The maximum atomic E-state index is 10.8. The van der Waals surface area contributed by atoms with Gasteiger partial charge in [-0.2, -0.15) is 8.42 Å². The molecular formula is C12H27O4SSi. The molecule has 0 heterocycles. The van der Waals surface area contributed by atoms with Crippen LogP contribution < -0.4 is 0 Å². The summed E-state index contributed by atoms with van der Waals surface area (Å²) in [5.74, 6) is 0.431. The van der Waals surface area contributed by atoms with Gasteiger partial charge in [-0.3, -0.25) is 4.18 Å². The molecule has 6 heteroatoms. The van der Waals surface area contributed by atoms with E-state index in [1.165, 1.54) is 0 Å². The van der Waals surface area contributed by atoms with E-state index in [-0.39, 0.29) is 12.0 Å². The molecule has 0 amide bonds. The third-order valence-corrected chi connectivity index (χ3v) is 4.13. The first kappa shape index (κ1) is 18.1. The van der Waals surface area contributed by atoms with Crippen molar-refractivity contribution in [3.8, 4) is 0 Å². The van der Waals surface area contributed by atoms with Crippen LogP contribution in [0.3, 0.4) is 0 Å². The Labute approximate surface area is 114 Å². The fourth-order valence-corrected chi connectivity index (χ4v) is 2.53. The van der Waals surface area contributed by atoms with Crippen molar-refractivity contribution in [2.75, 3.05) is 19.5 Å². The van der Waals surface area contributed by atoms with Gasteiger partial charge in [0.2, 0.25) is 9.04 Å². The summed E-state index contributed by atoms with van der Waals surface area (Å²) in [6.07, 6.45) is 2.75. The Balaban J connectivity index is 4.10. The van der Waals surface area contributed by atoms with E-state index < -0.39 is 19.2 Å². The molecule has 0 aromatic heterocycles. The van der Waals surface area contributed by atoms with Crippen LogP contribution in [0.15, 0.2) is 0 Å². The standard InChI is InChI=1S/C12H27O4SSi/c1-12(2,3)11(10-16-18(5)6)8-7-9-15-17(4,13)14/h11H,7-10H2,1-6H3/t11-/m0/s1. The normalized spacial score (nSPS) is 15.1. The van der Waals surface area contributed by atoms with Gasteiger partial charge in [-0.05, 0) is 37.3 Å². The Morgan fingerprint density at radius 2 is 1.78 bits per heavy atom. The highest BCUT2D eigenvalue weighted by Gasteiger charge is 2.24. The average molecular weight is 295 g/mol.